The second-order valence-electron chi connectivity index (χ2n) is 6.63. The first kappa shape index (κ1) is 16.1. The Morgan fingerprint density at radius 3 is 2.75 bits per heavy atom. The van der Waals surface area contributed by atoms with Crippen molar-refractivity contribution in [2.24, 2.45) is 0 Å². The smallest absolute Gasteiger partial charge is 0.350 e. The largest absolute Gasteiger partial charge is 0.383 e. The molecule has 4 rings (SSSR count). The number of nitrogen functional groups attached to an aromatic ring is 1. The van der Waals surface area contributed by atoms with Crippen molar-refractivity contribution in [3.63, 3.8) is 0 Å². The minimum atomic E-state index is -0.218. The van der Waals surface area contributed by atoms with Crippen LogP contribution in [0.4, 0.5) is 5.82 Å². The zero-order valence-corrected chi connectivity index (χ0v) is 14.7. The molecule has 2 N–H and O–H groups in total. The summed E-state index contributed by atoms with van der Waals surface area (Å²) < 4.78 is 7.23. The van der Waals surface area contributed by atoms with E-state index < -0.39 is 0 Å². The Kier molecular flexibility index (Phi) is 4.56. The number of hydrogen-bond acceptors (Lipinski definition) is 6. The molecule has 0 aromatic carbocycles. The van der Waals surface area contributed by atoms with Gasteiger partial charge in [-0.3, -0.25) is 9.47 Å². The summed E-state index contributed by atoms with van der Waals surface area (Å²) in [5.41, 5.74) is 7.27. The quantitative estimate of drug-likeness (QED) is 0.854. The summed E-state index contributed by atoms with van der Waals surface area (Å²) in [6.07, 6.45) is 5.86. The fourth-order valence-electron chi connectivity index (χ4n) is 3.75. The predicted octanol–water partition coefficient (Wildman–Crippen LogP) is 1.64. The fourth-order valence-corrected chi connectivity index (χ4v) is 5.17. The molecule has 1 aliphatic carbocycles. The summed E-state index contributed by atoms with van der Waals surface area (Å²) in [6.45, 7) is 4.94. The molecule has 0 unspecified atom stereocenters. The lowest BCUT2D eigenvalue weighted by Crippen LogP contribution is -2.39. The van der Waals surface area contributed by atoms with Crippen molar-refractivity contribution in [3.05, 3.63) is 20.9 Å². The van der Waals surface area contributed by atoms with Crippen LogP contribution in [0.2, 0.25) is 0 Å². The molecule has 2 aromatic rings. The molecule has 7 heteroatoms. The lowest BCUT2D eigenvalue weighted by molar-refractivity contribution is 0.0364. The number of aryl methyl sites for hydroxylation is 2. The lowest BCUT2D eigenvalue weighted by atomic mass is 10.1. The maximum absolute atomic E-state index is 12.4. The summed E-state index contributed by atoms with van der Waals surface area (Å²) in [5, 5.41) is 1.04. The molecule has 0 spiro atoms. The Morgan fingerprint density at radius 1 is 1.12 bits per heavy atom. The SMILES string of the molecule is Nc1nc(=O)n(CCN2CCOCC2)c2sc3c(c12)CCCCC3. The molecule has 2 aromatic heterocycles. The van der Waals surface area contributed by atoms with Gasteiger partial charge in [-0.15, -0.1) is 11.3 Å². The molecule has 0 radical (unpaired) electrons. The average molecular weight is 348 g/mol. The number of morpholine rings is 1. The van der Waals surface area contributed by atoms with Gasteiger partial charge < -0.3 is 10.5 Å². The molecule has 0 saturated carbocycles. The van der Waals surface area contributed by atoms with Crippen molar-refractivity contribution >= 4 is 27.4 Å². The van der Waals surface area contributed by atoms with Crippen LogP contribution in [-0.2, 0) is 24.1 Å². The van der Waals surface area contributed by atoms with Gasteiger partial charge >= 0.3 is 5.69 Å². The number of aromatic nitrogens is 2. The minimum Gasteiger partial charge on any atom is -0.383 e. The number of nitrogens with two attached hydrogens (primary N) is 1. The second kappa shape index (κ2) is 6.82. The standard InChI is InChI=1S/C17H24N4O2S/c18-15-14-12-4-2-1-3-5-13(12)24-16(14)21(17(22)19-15)7-6-20-8-10-23-11-9-20/h1-11H2,(H2,18,19,22). The van der Waals surface area contributed by atoms with Gasteiger partial charge in [0.25, 0.3) is 0 Å². The highest BCUT2D eigenvalue weighted by atomic mass is 32.1. The lowest BCUT2D eigenvalue weighted by Gasteiger charge is -2.26. The van der Waals surface area contributed by atoms with E-state index in [1.54, 1.807) is 11.3 Å². The highest BCUT2D eigenvalue weighted by molar-refractivity contribution is 7.19. The molecule has 1 fully saturated rings. The molecule has 24 heavy (non-hydrogen) atoms. The van der Waals surface area contributed by atoms with E-state index in [4.69, 9.17) is 10.5 Å². The zero-order valence-electron chi connectivity index (χ0n) is 13.9. The minimum absolute atomic E-state index is 0.218. The van der Waals surface area contributed by atoms with Crippen LogP contribution in [0.15, 0.2) is 4.79 Å². The number of anilines is 1. The molecular formula is C17H24N4O2S. The Bertz CT molecular complexity index is 792. The molecule has 0 bridgehead atoms. The van der Waals surface area contributed by atoms with Crippen LogP contribution in [0.1, 0.15) is 29.7 Å². The number of thiophene rings is 1. The van der Waals surface area contributed by atoms with Gasteiger partial charge in [-0.25, -0.2) is 4.79 Å². The average Bonchev–Trinajstić information content (AvgIpc) is 2.79. The number of nitrogens with zero attached hydrogens (tertiary/aromatic N) is 3. The van der Waals surface area contributed by atoms with Crippen molar-refractivity contribution in [3.8, 4) is 0 Å². The van der Waals surface area contributed by atoms with Crippen molar-refractivity contribution in [2.75, 3.05) is 38.6 Å². The van der Waals surface area contributed by atoms with Crippen LogP contribution >= 0.6 is 11.3 Å². The number of fused-ring (bicyclic) bond motifs is 3. The number of hydrogen-bond donors (Lipinski definition) is 1. The first-order valence-corrected chi connectivity index (χ1v) is 9.66. The van der Waals surface area contributed by atoms with Gasteiger partial charge in [0.05, 0.1) is 18.6 Å². The molecule has 0 amide bonds. The zero-order chi connectivity index (χ0) is 16.5. The monoisotopic (exact) mass is 348 g/mol. The molecule has 0 atom stereocenters. The Morgan fingerprint density at radius 2 is 1.92 bits per heavy atom. The van der Waals surface area contributed by atoms with Gasteiger partial charge in [-0.1, -0.05) is 6.42 Å². The number of rotatable bonds is 3. The van der Waals surface area contributed by atoms with Crippen molar-refractivity contribution in [1.29, 1.82) is 0 Å². The molecule has 6 nitrogen and oxygen atoms in total. The van der Waals surface area contributed by atoms with Gasteiger partial charge in [0.1, 0.15) is 10.6 Å². The molecule has 3 heterocycles. The normalized spacial score (nSPS) is 19.3. The number of ether oxygens (including phenoxy) is 1. The van der Waals surface area contributed by atoms with Crippen LogP contribution in [0.5, 0.6) is 0 Å². The summed E-state index contributed by atoms with van der Waals surface area (Å²) in [6, 6.07) is 0. The van der Waals surface area contributed by atoms with Crippen LogP contribution in [0.3, 0.4) is 0 Å². The van der Waals surface area contributed by atoms with Crippen LogP contribution in [0.25, 0.3) is 10.2 Å². The van der Waals surface area contributed by atoms with E-state index in [1.807, 2.05) is 4.57 Å². The Balaban J connectivity index is 1.70. The summed E-state index contributed by atoms with van der Waals surface area (Å²) in [7, 11) is 0. The van der Waals surface area contributed by atoms with Gasteiger partial charge in [0.2, 0.25) is 0 Å². The molecule has 2 aliphatic rings. The van der Waals surface area contributed by atoms with Gasteiger partial charge in [0, 0.05) is 31.1 Å². The molecule has 130 valence electrons. The molecular weight excluding hydrogens is 324 g/mol. The molecule has 1 aliphatic heterocycles. The van der Waals surface area contributed by atoms with Gasteiger partial charge in [0.15, 0.2) is 0 Å². The summed E-state index contributed by atoms with van der Waals surface area (Å²) >= 11 is 1.75. The van der Waals surface area contributed by atoms with Crippen LogP contribution in [-0.4, -0.2) is 47.3 Å². The third kappa shape index (κ3) is 2.96. The first-order valence-electron chi connectivity index (χ1n) is 8.84. The van der Waals surface area contributed by atoms with Crippen molar-refractivity contribution in [1.82, 2.24) is 14.5 Å². The van der Waals surface area contributed by atoms with Crippen molar-refractivity contribution < 1.29 is 4.74 Å². The fraction of sp³-hybridized carbons (Fsp3) is 0.647. The predicted molar refractivity (Wildman–Crippen MR) is 96.8 cm³/mol. The summed E-state index contributed by atoms with van der Waals surface area (Å²) in [4.78, 5) is 21.3. The Hall–Kier alpha value is -1.44. The van der Waals surface area contributed by atoms with Crippen LogP contribution in [0, 0.1) is 0 Å². The first-order chi connectivity index (χ1) is 11.7. The van der Waals surface area contributed by atoms with E-state index in [9.17, 15) is 4.79 Å². The van der Waals surface area contributed by atoms with Gasteiger partial charge in [-0.05, 0) is 31.2 Å². The van der Waals surface area contributed by atoms with Crippen molar-refractivity contribution in [2.45, 2.75) is 38.6 Å². The van der Waals surface area contributed by atoms with E-state index in [0.29, 0.717) is 12.4 Å². The maximum atomic E-state index is 12.4. The Labute approximate surface area is 145 Å². The van der Waals surface area contributed by atoms with E-state index in [-0.39, 0.29) is 5.69 Å². The van der Waals surface area contributed by atoms with E-state index >= 15 is 0 Å². The molecule has 1 saturated heterocycles. The summed E-state index contributed by atoms with van der Waals surface area (Å²) in [5.74, 6) is 0.414. The third-order valence-corrected chi connectivity index (χ3v) is 6.41. The van der Waals surface area contributed by atoms with E-state index in [0.717, 1.165) is 55.9 Å². The van der Waals surface area contributed by atoms with Crippen LogP contribution < -0.4 is 11.4 Å². The maximum Gasteiger partial charge on any atom is 0.350 e. The van der Waals surface area contributed by atoms with E-state index in [2.05, 4.69) is 9.88 Å². The highest BCUT2D eigenvalue weighted by Crippen LogP contribution is 2.37. The third-order valence-electron chi connectivity index (χ3n) is 5.09. The van der Waals surface area contributed by atoms with Gasteiger partial charge in [-0.2, -0.15) is 4.98 Å². The van der Waals surface area contributed by atoms with E-state index in [1.165, 1.54) is 29.7 Å². The highest BCUT2D eigenvalue weighted by Gasteiger charge is 2.21. The topological polar surface area (TPSA) is 73.4 Å². The second-order valence-corrected chi connectivity index (χ2v) is 7.71.